The lowest BCUT2D eigenvalue weighted by atomic mass is 10.1. The van der Waals surface area contributed by atoms with Gasteiger partial charge in [-0.15, -0.1) is 10.2 Å². The number of rotatable bonds is 4. The first-order valence-corrected chi connectivity index (χ1v) is 7.10. The van der Waals surface area contributed by atoms with Gasteiger partial charge < -0.3 is 10.4 Å². The topological polar surface area (TPSA) is 92.2 Å². The largest absolute Gasteiger partial charge is 0.481 e. The number of nitrogens with zero attached hydrogens (tertiary/aromatic N) is 2. The number of carbonyl (C=O) groups excluding carboxylic acids is 1. The second-order valence-corrected chi connectivity index (χ2v) is 6.83. The number of aromatic nitrogens is 2. The van der Waals surface area contributed by atoms with Gasteiger partial charge in [-0.25, -0.2) is 0 Å². The zero-order valence-corrected chi connectivity index (χ0v) is 11.5. The molecule has 2 aliphatic carbocycles. The monoisotopic (exact) mass is 281 g/mol. The normalized spacial score (nSPS) is 27.9. The highest BCUT2D eigenvalue weighted by molar-refractivity contribution is 7.15. The molecule has 3 rings (SSSR count). The predicted molar refractivity (Wildman–Crippen MR) is 68.9 cm³/mol. The molecule has 2 aliphatic rings. The van der Waals surface area contributed by atoms with Gasteiger partial charge >= 0.3 is 5.97 Å². The number of hydrogen-bond donors (Lipinski definition) is 2. The van der Waals surface area contributed by atoms with Gasteiger partial charge in [-0.1, -0.05) is 25.2 Å². The van der Waals surface area contributed by atoms with Crippen molar-refractivity contribution in [2.24, 2.45) is 17.3 Å². The Balaban J connectivity index is 1.66. The SMILES string of the molecule is CC1(C)C(C(=O)O)C1C(=O)Nc1nnc(C2CC2)s1. The molecule has 0 aliphatic heterocycles. The number of carboxylic acid groups (broad SMARTS) is 1. The van der Waals surface area contributed by atoms with E-state index in [0.717, 1.165) is 17.8 Å². The summed E-state index contributed by atoms with van der Waals surface area (Å²) in [6, 6.07) is 0. The molecular formula is C12H15N3O3S. The molecule has 19 heavy (non-hydrogen) atoms. The molecule has 1 heterocycles. The molecule has 0 radical (unpaired) electrons. The summed E-state index contributed by atoms with van der Waals surface area (Å²) in [4.78, 5) is 23.1. The third kappa shape index (κ3) is 2.11. The average molecular weight is 281 g/mol. The Hall–Kier alpha value is -1.50. The van der Waals surface area contributed by atoms with Crippen LogP contribution in [0.4, 0.5) is 5.13 Å². The third-order valence-electron chi connectivity index (χ3n) is 3.97. The fourth-order valence-corrected chi connectivity index (χ4v) is 3.47. The first-order chi connectivity index (χ1) is 8.91. The summed E-state index contributed by atoms with van der Waals surface area (Å²) in [6.07, 6.45) is 2.28. The highest BCUT2D eigenvalue weighted by Gasteiger charge is 2.66. The van der Waals surface area contributed by atoms with E-state index in [0.29, 0.717) is 11.0 Å². The highest BCUT2D eigenvalue weighted by Crippen LogP contribution is 2.58. The molecule has 2 fully saturated rings. The van der Waals surface area contributed by atoms with Gasteiger partial charge in [0, 0.05) is 5.92 Å². The van der Waals surface area contributed by atoms with Crippen LogP contribution in [0.1, 0.15) is 37.6 Å². The van der Waals surface area contributed by atoms with Gasteiger partial charge in [0.05, 0.1) is 11.8 Å². The molecule has 102 valence electrons. The molecule has 2 atom stereocenters. The van der Waals surface area contributed by atoms with Crippen LogP contribution in [0.3, 0.4) is 0 Å². The van der Waals surface area contributed by atoms with E-state index < -0.39 is 23.2 Å². The van der Waals surface area contributed by atoms with Crippen LogP contribution < -0.4 is 5.32 Å². The van der Waals surface area contributed by atoms with Gasteiger partial charge in [0.15, 0.2) is 0 Å². The van der Waals surface area contributed by atoms with Crippen molar-refractivity contribution in [2.75, 3.05) is 5.32 Å². The molecule has 6 nitrogen and oxygen atoms in total. The fourth-order valence-electron chi connectivity index (χ4n) is 2.55. The van der Waals surface area contributed by atoms with Crippen LogP contribution in [0.5, 0.6) is 0 Å². The second kappa shape index (κ2) is 4.00. The van der Waals surface area contributed by atoms with Gasteiger partial charge in [0.2, 0.25) is 11.0 Å². The van der Waals surface area contributed by atoms with Gasteiger partial charge in [-0.3, -0.25) is 9.59 Å². The molecule has 1 aromatic rings. The minimum atomic E-state index is -0.916. The molecule has 1 amide bonds. The van der Waals surface area contributed by atoms with E-state index in [9.17, 15) is 9.59 Å². The number of aliphatic carboxylic acids is 1. The number of amides is 1. The van der Waals surface area contributed by atoms with Crippen LogP contribution in [-0.2, 0) is 9.59 Å². The average Bonchev–Trinajstić information content (AvgIpc) is 3.18. The lowest BCUT2D eigenvalue weighted by Crippen LogP contribution is -2.17. The summed E-state index contributed by atoms with van der Waals surface area (Å²) in [5, 5.41) is 21.1. The Morgan fingerprint density at radius 2 is 2.00 bits per heavy atom. The summed E-state index contributed by atoms with van der Waals surface area (Å²) < 4.78 is 0. The van der Waals surface area contributed by atoms with E-state index in [2.05, 4.69) is 15.5 Å². The van der Waals surface area contributed by atoms with Gasteiger partial charge in [-0.2, -0.15) is 0 Å². The van der Waals surface area contributed by atoms with Crippen molar-refractivity contribution in [2.45, 2.75) is 32.6 Å². The fraction of sp³-hybridized carbons (Fsp3) is 0.667. The number of nitrogens with one attached hydrogen (secondary N) is 1. The molecule has 2 N–H and O–H groups in total. The summed E-state index contributed by atoms with van der Waals surface area (Å²) in [7, 11) is 0. The minimum Gasteiger partial charge on any atom is -0.481 e. The van der Waals surface area contributed by atoms with Crippen molar-refractivity contribution in [3.63, 3.8) is 0 Å². The van der Waals surface area contributed by atoms with Gasteiger partial charge in [0.25, 0.3) is 0 Å². The van der Waals surface area contributed by atoms with Crippen LogP contribution in [0, 0.1) is 17.3 Å². The highest BCUT2D eigenvalue weighted by atomic mass is 32.1. The standard InChI is InChI=1S/C12H15N3O3S/c1-12(2)6(7(12)10(17)18)8(16)13-11-15-14-9(19-11)5-3-4-5/h5-7H,3-4H2,1-2H3,(H,17,18)(H,13,15,16). The lowest BCUT2D eigenvalue weighted by molar-refractivity contribution is -0.140. The summed E-state index contributed by atoms with van der Waals surface area (Å²) in [6.45, 7) is 3.59. The molecule has 7 heteroatoms. The smallest absolute Gasteiger partial charge is 0.307 e. The van der Waals surface area contributed by atoms with Crippen molar-refractivity contribution in [1.29, 1.82) is 0 Å². The number of carboxylic acids is 1. The van der Waals surface area contributed by atoms with E-state index in [1.54, 1.807) is 13.8 Å². The van der Waals surface area contributed by atoms with Crippen LogP contribution in [0.2, 0.25) is 0 Å². The molecule has 0 saturated heterocycles. The molecule has 2 unspecified atom stereocenters. The van der Waals surface area contributed by atoms with Crippen molar-refractivity contribution < 1.29 is 14.7 Å². The predicted octanol–water partition coefficient (Wildman–Crippen LogP) is 1.71. The second-order valence-electron chi connectivity index (χ2n) is 5.82. The van der Waals surface area contributed by atoms with E-state index >= 15 is 0 Å². The number of anilines is 1. The van der Waals surface area contributed by atoms with Crippen LogP contribution in [0.25, 0.3) is 0 Å². The first kappa shape index (κ1) is 12.5. The Kier molecular flexibility index (Phi) is 2.63. The van der Waals surface area contributed by atoms with E-state index in [1.807, 2.05) is 0 Å². The Labute approximate surface area is 114 Å². The summed E-state index contributed by atoms with van der Waals surface area (Å²) >= 11 is 1.39. The first-order valence-electron chi connectivity index (χ1n) is 6.28. The van der Waals surface area contributed by atoms with Crippen molar-refractivity contribution in [1.82, 2.24) is 10.2 Å². The summed E-state index contributed by atoms with van der Waals surface area (Å²) in [5.41, 5.74) is -0.486. The maximum Gasteiger partial charge on any atom is 0.307 e. The van der Waals surface area contributed by atoms with Crippen LogP contribution >= 0.6 is 11.3 Å². The van der Waals surface area contributed by atoms with Crippen molar-refractivity contribution >= 4 is 28.3 Å². The summed E-state index contributed by atoms with van der Waals surface area (Å²) in [5.74, 6) is -1.77. The molecule has 0 bridgehead atoms. The molecule has 0 spiro atoms. The van der Waals surface area contributed by atoms with Crippen LogP contribution in [-0.4, -0.2) is 27.2 Å². The minimum absolute atomic E-state index is 0.268. The molecule has 2 saturated carbocycles. The van der Waals surface area contributed by atoms with E-state index in [4.69, 9.17) is 5.11 Å². The number of hydrogen-bond acceptors (Lipinski definition) is 5. The van der Waals surface area contributed by atoms with Crippen LogP contribution in [0.15, 0.2) is 0 Å². The zero-order chi connectivity index (χ0) is 13.8. The third-order valence-corrected chi connectivity index (χ3v) is 4.97. The zero-order valence-electron chi connectivity index (χ0n) is 10.7. The quantitative estimate of drug-likeness (QED) is 0.876. The number of carbonyl (C=O) groups is 2. The lowest BCUT2D eigenvalue weighted by Gasteiger charge is -2.01. The van der Waals surface area contributed by atoms with Gasteiger partial charge in [-0.05, 0) is 18.3 Å². The van der Waals surface area contributed by atoms with Crippen molar-refractivity contribution in [3.8, 4) is 0 Å². The maximum absolute atomic E-state index is 12.1. The van der Waals surface area contributed by atoms with E-state index in [1.165, 1.54) is 11.3 Å². The van der Waals surface area contributed by atoms with Gasteiger partial charge in [0.1, 0.15) is 5.01 Å². The molecule has 1 aromatic heterocycles. The molecule has 0 aromatic carbocycles. The Bertz CT molecular complexity index is 550. The van der Waals surface area contributed by atoms with Crippen molar-refractivity contribution in [3.05, 3.63) is 5.01 Å². The maximum atomic E-state index is 12.1. The van der Waals surface area contributed by atoms with E-state index in [-0.39, 0.29) is 5.91 Å². The molecular weight excluding hydrogens is 266 g/mol. The Morgan fingerprint density at radius 1 is 1.32 bits per heavy atom. The Morgan fingerprint density at radius 3 is 2.53 bits per heavy atom.